The second-order valence-electron chi connectivity index (χ2n) is 6.50. The number of anilines is 2. The summed E-state index contributed by atoms with van der Waals surface area (Å²) in [5.74, 6) is -0.446. The normalized spacial score (nSPS) is 17.0. The number of pyridine rings is 1. The zero-order valence-corrected chi connectivity index (χ0v) is 16.2. The lowest BCUT2D eigenvalue weighted by molar-refractivity contribution is -0.139. The van der Waals surface area contributed by atoms with Gasteiger partial charge in [-0.2, -0.15) is 13.2 Å². The molecule has 1 aliphatic rings. The summed E-state index contributed by atoms with van der Waals surface area (Å²) in [6, 6.07) is 5.81. The van der Waals surface area contributed by atoms with Crippen LogP contribution in [0.15, 0.2) is 53.9 Å². The molecule has 0 fully saturated rings. The number of benzene rings is 1. The third-order valence-electron chi connectivity index (χ3n) is 4.55. The van der Waals surface area contributed by atoms with Crippen molar-refractivity contribution in [1.29, 1.82) is 0 Å². The fourth-order valence-electron chi connectivity index (χ4n) is 3.19. The van der Waals surface area contributed by atoms with Crippen molar-refractivity contribution in [2.45, 2.75) is 26.1 Å². The number of hydrogen-bond donors (Lipinski definition) is 2. The van der Waals surface area contributed by atoms with Crippen LogP contribution in [0.4, 0.5) is 29.5 Å². The molecule has 1 atom stereocenters. The van der Waals surface area contributed by atoms with Gasteiger partial charge in [-0.25, -0.2) is 14.6 Å². The van der Waals surface area contributed by atoms with Crippen LogP contribution in [0.25, 0.3) is 0 Å². The molecule has 7 nitrogen and oxygen atoms in total. The zero-order chi connectivity index (χ0) is 22.1. The fraction of sp³-hybridized carbons (Fsp3) is 0.250. The van der Waals surface area contributed by atoms with E-state index in [0.717, 1.165) is 17.0 Å². The van der Waals surface area contributed by atoms with E-state index in [1.807, 2.05) is 0 Å². The van der Waals surface area contributed by atoms with Crippen molar-refractivity contribution in [3.8, 4) is 0 Å². The van der Waals surface area contributed by atoms with Crippen LogP contribution in [-0.4, -0.2) is 23.6 Å². The molecule has 0 saturated heterocycles. The van der Waals surface area contributed by atoms with Gasteiger partial charge < -0.3 is 15.8 Å². The molecule has 3 rings (SSSR count). The molecule has 0 saturated carbocycles. The van der Waals surface area contributed by atoms with E-state index in [1.54, 1.807) is 13.0 Å². The van der Waals surface area contributed by atoms with E-state index in [1.165, 1.54) is 31.3 Å². The third kappa shape index (κ3) is 4.07. The lowest BCUT2D eigenvalue weighted by Gasteiger charge is -2.35. The molecule has 1 aromatic heterocycles. The number of rotatable bonds is 4. The predicted molar refractivity (Wildman–Crippen MR) is 103 cm³/mol. The smallest absolute Gasteiger partial charge is 0.416 e. The van der Waals surface area contributed by atoms with Crippen molar-refractivity contribution < 1.29 is 27.5 Å². The van der Waals surface area contributed by atoms with Gasteiger partial charge in [-0.3, -0.25) is 4.90 Å². The molecule has 1 aromatic carbocycles. The molecular formula is C20H19F3N4O3. The highest BCUT2D eigenvalue weighted by atomic mass is 19.4. The van der Waals surface area contributed by atoms with E-state index >= 15 is 0 Å². The maximum atomic E-state index is 13.1. The second kappa shape index (κ2) is 8.05. The lowest BCUT2D eigenvalue weighted by Crippen LogP contribution is -2.48. The number of ether oxygens (including phenoxy) is 1. The van der Waals surface area contributed by atoms with Gasteiger partial charge in [-0.15, -0.1) is 0 Å². The van der Waals surface area contributed by atoms with Gasteiger partial charge in [0.15, 0.2) is 0 Å². The Morgan fingerprint density at radius 3 is 2.63 bits per heavy atom. The van der Waals surface area contributed by atoms with Crippen molar-refractivity contribution in [3.05, 3.63) is 65.0 Å². The average molecular weight is 420 g/mol. The first-order valence-corrected chi connectivity index (χ1v) is 9.00. The number of alkyl halides is 3. The minimum Gasteiger partial charge on any atom is -0.463 e. The van der Waals surface area contributed by atoms with Gasteiger partial charge in [-0.1, -0.05) is 12.1 Å². The van der Waals surface area contributed by atoms with E-state index in [0.29, 0.717) is 5.56 Å². The number of nitrogens with one attached hydrogen (secondary N) is 1. The Labute approximate surface area is 170 Å². The molecule has 0 spiro atoms. The van der Waals surface area contributed by atoms with Gasteiger partial charge in [0.1, 0.15) is 5.82 Å². The Kier molecular flexibility index (Phi) is 5.68. The van der Waals surface area contributed by atoms with Gasteiger partial charge in [0, 0.05) is 11.9 Å². The van der Waals surface area contributed by atoms with Crippen LogP contribution in [0.1, 0.15) is 31.0 Å². The second-order valence-corrected chi connectivity index (χ2v) is 6.50. The standard InChI is InChI=1S/C20H19F3N4O3/c1-3-30-18(28)16-11(2)27(14-6-4-5-13(9-14)20(21,22)23)19(29)26-17(16)12-7-8-15(24)25-10-12/h4-10,17H,3H2,1-2H3,(H2,24,25)(H,26,29). The Hall–Kier alpha value is -3.56. The Balaban J connectivity index is 2.13. The number of allylic oxidation sites excluding steroid dienone is 1. The number of amides is 2. The summed E-state index contributed by atoms with van der Waals surface area (Å²) in [5, 5.41) is 2.64. The quantitative estimate of drug-likeness (QED) is 0.734. The number of urea groups is 1. The van der Waals surface area contributed by atoms with Crippen molar-refractivity contribution >= 4 is 23.5 Å². The number of nitrogens with two attached hydrogens (primary N) is 1. The maximum Gasteiger partial charge on any atom is 0.416 e. The summed E-state index contributed by atoms with van der Waals surface area (Å²) in [4.78, 5) is 30.5. The van der Waals surface area contributed by atoms with E-state index in [4.69, 9.17) is 10.5 Å². The Bertz CT molecular complexity index is 1000. The van der Waals surface area contributed by atoms with Gasteiger partial charge in [0.25, 0.3) is 0 Å². The van der Waals surface area contributed by atoms with E-state index in [9.17, 15) is 22.8 Å². The molecule has 3 N–H and O–H groups in total. The molecule has 2 amide bonds. The molecule has 30 heavy (non-hydrogen) atoms. The van der Waals surface area contributed by atoms with Crippen LogP contribution in [-0.2, 0) is 15.7 Å². The summed E-state index contributed by atoms with van der Waals surface area (Å²) in [7, 11) is 0. The molecule has 1 aliphatic heterocycles. The summed E-state index contributed by atoms with van der Waals surface area (Å²) in [5.41, 5.74) is 5.36. The number of esters is 1. The molecule has 0 aliphatic carbocycles. The molecular weight excluding hydrogens is 401 g/mol. The number of aromatic nitrogens is 1. The first kappa shape index (κ1) is 21.2. The van der Waals surface area contributed by atoms with Gasteiger partial charge in [-0.05, 0) is 43.7 Å². The third-order valence-corrected chi connectivity index (χ3v) is 4.55. The van der Waals surface area contributed by atoms with Crippen molar-refractivity contribution in [2.75, 3.05) is 17.2 Å². The first-order chi connectivity index (χ1) is 14.1. The molecule has 10 heteroatoms. The highest BCUT2D eigenvalue weighted by Crippen LogP contribution is 2.36. The molecule has 2 heterocycles. The monoisotopic (exact) mass is 420 g/mol. The van der Waals surface area contributed by atoms with Gasteiger partial charge in [0.05, 0.1) is 29.5 Å². The summed E-state index contributed by atoms with van der Waals surface area (Å²) in [6.45, 7) is 3.18. The maximum absolute atomic E-state index is 13.1. The fourth-order valence-corrected chi connectivity index (χ4v) is 3.19. The van der Waals surface area contributed by atoms with Crippen LogP contribution < -0.4 is 16.0 Å². The summed E-state index contributed by atoms with van der Waals surface area (Å²) in [6.07, 6.45) is -3.17. The van der Waals surface area contributed by atoms with E-state index in [-0.39, 0.29) is 29.4 Å². The predicted octanol–water partition coefficient (Wildman–Crippen LogP) is 3.79. The number of hydrogen-bond acceptors (Lipinski definition) is 5. The minimum atomic E-state index is -4.58. The average Bonchev–Trinajstić information content (AvgIpc) is 2.68. The molecule has 158 valence electrons. The Morgan fingerprint density at radius 1 is 1.30 bits per heavy atom. The van der Waals surface area contributed by atoms with Crippen LogP contribution in [0.2, 0.25) is 0 Å². The van der Waals surface area contributed by atoms with Gasteiger partial charge >= 0.3 is 18.2 Å². The molecule has 0 radical (unpaired) electrons. The number of nitrogens with zero attached hydrogens (tertiary/aromatic N) is 2. The summed E-state index contributed by atoms with van der Waals surface area (Å²) >= 11 is 0. The van der Waals surface area contributed by atoms with Gasteiger partial charge in [0.2, 0.25) is 0 Å². The lowest BCUT2D eigenvalue weighted by atomic mass is 9.95. The van der Waals surface area contributed by atoms with Crippen molar-refractivity contribution in [2.24, 2.45) is 0 Å². The summed E-state index contributed by atoms with van der Waals surface area (Å²) < 4.78 is 44.5. The van der Waals surface area contributed by atoms with E-state index < -0.39 is 29.8 Å². The largest absolute Gasteiger partial charge is 0.463 e. The van der Waals surface area contributed by atoms with E-state index in [2.05, 4.69) is 10.3 Å². The minimum absolute atomic E-state index is 0.0319. The van der Waals surface area contributed by atoms with Crippen LogP contribution in [0.3, 0.4) is 0 Å². The number of nitrogen functional groups attached to an aromatic ring is 1. The molecule has 0 bridgehead atoms. The van der Waals surface area contributed by atoms with Crippen LogP contribution in [0.5, 0.6) is 0 Å². The number of carbonyl (C=O) groups is 2. The molecule has 1 unspecified atom stereocenters. The molecule has 2 aromatic rings. The zero-order valence-electron chi connectivity index (χ0n) is 16.2. The topological polar surface area (TPSA) is 97.5 Å². The highest BCUT2D eigenvalue weighted by Gasteiger charge is 2.38. The van der Waals surface area contributed by atoms with Crippen molar-refractivity contribution in [3.63, 3.8) is 0 Å². The van der Waals surface area contributed by atoms with Crippen molar-refractivity contribution in [1.82, 2.24) is 10.3 Å². The Morgan fingerprint density at radius 2 is 2.03 bits per heavy atom. The highest BCUT2D eigenvalue weighted by molar-refractivity contribution is 6.03. The number of carbonyl (C=O) groups excluding carboxylic acids is 2. The SMILES string of the molecule is CCOC(=O)C1=C(C)N(c2cccc(C(F)(F)F)c2)C(=O)NC1c1ccc(N)nc1. The van der Waals surface area contributed by atoms with Crippen LogP contribution >= 0.6 is 0 Å². The number of halogens is 3. The first-order valence-electron chi connectivity index (χ1n) is 9.00. The van der Waals surface area contributed by atoms with Crippen LogP contribution in [0, 0.1) is 0 Å².